The van der Waals surface area contributed by atoms with Gasteiger partial charge in [0.05, 0.1) is 0 Å². The molecule has 0 saturated heterocycles. The number of carbonyl (C=O) groups excluding carboxylic acids is 1. The fourth-order valence-corrected chi connectivity index (χ4v) is 2.46. The summed E-state index contributed by atoms with van der Waals surface area (Å²) in [6, 6.07) is 13.7. The molecule has 23 heavy (non-hydrogen) atoms. The van der Waals surface area contributed by atoms with Gasteiger partial charge in [-0.05, 0) is 36.3 Å². The molecule has 0 unspecified atom stereocenters. The Hall–Kier alpha value is -2.46. The Kier molecular flexibility index (Phi) is 4.53. The van der Waals surface area contributed by atoms with Crippen molar-refractivity contribution in [3.63, 3.8) is 0 Å². The summed E-state index contributed by atoms with van der Waals surface area (Å²) in [5.41, 5.74) is 1.44. The fourth-order valence-electron chi connectivity index (χ4n) is 2.24. The number of hydrogen-bond acceptors (Lipinski definition) is 3. The van der Waals surface area contributed by atoms with E-state index in [1.807, 2.05) is 18.2 Å². The van der Waals surface area contributed by atoms with E-state index in [9.17, 15) is 9.18 Å². The van der Waals surface area contributed by atoms with E-state index in [0.29, 0.717) is 29.3 Å². The van der Waals surface area contributed by atoms with Crippen molar-refractivity contribution < 1.29 is 13.9 Å². The first-order valence-electron chi connectivity index (χ1n) is 7.12. The van der Waals surface area contributed by atoms with Gasteiger partial charge in [0.1, 0.15) is 5.82 Å². The molecule has 0 aromatic heterocycles. The monoisotopic (exact) mass is 329 g/mol. The van der Waals surface area contributed by atoms with Crippen LogP contribution in [0.5, 0.6) is 0 Å². The molecular formula is C18H13ClFNO2. The van der Waals surface area contributed by atoms with Gasteiger partial charge in [0, 0.05) is 17.0 Å². The number of halogens is 2. The molecule has 2 aromatic carbocycles. The third-order valence-corrected chi connectivity index (χ3v) is 3.61. The summed E-state index contributed by atoms with van der Waals surface area (Å²) in [6.45, 7) is 0. The highest BCUT2D eigenvalue weighted by atomic mass is 35.5. The van der Waals surface area contributed by atoms with Crippen LogP contribution in [0.2, 0.25) is 5.02 Å². The van der Waals surface area contributed by atoms with E-state index in [-0.39, 0.29) is 5.70 Å². The molecule has 0 atom stereocenters. The highest BCUT2D eigenvalue weighted by Crippen LogP contribution is 2.20. The van der Waals surface area contributed by atoms with Crippen LogP contribution in [0, 0.1) is 5.82 Å². The summed E-state index contributed by atoms with van der Waals surface area (Å²) in [4.78, 5) is 16.0. The number of esters is 1. The Bertz CT molecular complexity index is 814. The standard InChI is InChI=1S/C18H13ClFNO2/c19-14-6-3-4-12(10-14)8-9-17-21-16(18(22)23-17)11-13-5-1-2-7-15(13)20/h1-7,10-11H,8-9H2/b16-11-. The van der Waals surface area contributed by atoms with Crippen LogP contribution in [-0.2, 0) is 16.0 Å². The Labute approximate surface area is 138 Å². The van der Waals surface area contributed by atoms with Gasteiger partial charge in [0.25, 0.3) is 0 Å². The van der Waals surface area contributed by atoms with Gasteiger partial charge in [-0.25, -0.2) is 14.2 Å². The van der Waals surface area contributed by atoms with Crippen LogP contribution in [0.4, 0.5) is 4.39 Å². The molecule has 0 spiro atoms. The van der Waals surface area contributed by atoms with Gasteiger partial charge in [-0.3, -0.25) is 0 Å². The maximum absolute atomic E-state index is 13.6. The molecule has 0 aliphatic carbocycles. The summed E-state index contributed by atoms with van der Waals surface area (Å²) >= 11 is 5.93. The third-order valence-electron chi connectivity index (χ3n) is 3.38. The predicted molar refractivity (Wildman–Crippen MR) is 87.7 cm³/mol. The lowest BCUT2D eigenvalue weighted by Crippen LogP contribution is -2.05. The smallest absolute Gasteiger partial charge is 0.363 e. The van der Waals surface area contributed by atoms with Gasteiger partial charge in [0.2, 0.25) is 0 Å². The first-order chi connectivity index (χ1) is 11.1. The zero-order valence-corrected chi connectivity index (χ0v) is 12.9. The topological polar surface area (TPSA) is 38.7 Å². The Morgan fingerprint density at radius 1 is 1.13 bits per heavy atom. The molecule has 3 nitrogen and oxygen atoms in total. The van der Waals surface area contributed by atoms with Gasteiger partial charge in [-0.15, -0.1) is 0 Å². The SMILES string of the molecule is O=C1OC(CCc2cccc(Cl)c2)=N/C1=C\c1ccccc1F. The summed E-state index contributed by atoms with van der Waals surface area (Å²) in [6.07, 6.45) is 2.52. The molecule has 3 rings (SSSR count). The van der Waals surface area contributed by atoms with Crippen molar-refractivity contribution in [3.05, 3.63) is 76.2 Å². The van der Waals surface area contributed by atoms with Gasteiger partial charge in [-0.1, -0.05) is 41.9 Å². The van der Waals surface area contributed by atoms with Crippen LogP contribution >= 0.6 is 11.6 Å². The first kappa shape index (κ1) is 15.4. The fraction of sp³-hybridized carbons (Fsp3) is 0.111. The van der Waals surface area contributed by atoms with Crippen LogP contribution in [-0.4, -0.2) is 11.9 Å². The lowest BCUT2D eigenvalue weighted by atomic mass is 10.1. The van der Waals surface area contributed by atoms with Gasteiger partial charge in [-0.2, -0.15) is 0 Å². The molecule has 1 heterocycles. The molecule has 2 aromatic rings. The van der Waals surface area contributed by atoms with Crippen LogP contribution in [0.25, 0.3) is 6.08 Å². The summed E-state index contributed by atoms with van der Waals surface area (Å²) in [5.74, 6) is -0.637. The van der Waals surface area contributed by atoms with E-state index >= 15 is 0 Å². The van der Waals surface area contributed by atoms with Crippen LogP contribution < -0.4 is 0 Å². The number of aliphatic imine (C=N–C) groups is 1. The summed E-state index contributed by atoms with van der Waals surface area (Å²) in [5, 5.41) is 0.660. The minimum atomic E-state index is -0.561. The Morgan fingerprint density at radius 3 is 2.74 bits per heavy atom. The Balaban J connectivity index is 1.73. The lowest BCUT2D eigenvalue weighted by Gasteiger charge is -2.01. The van der Waals surface area contributed by atoms with Crippen molar-refractivity contribution in [2.24, 2.45) is 4.99 Å². The quantitative estimate of drug-likeness (QED) is 0.615. The summed E-state index contributed by atoms with van der Waals surface area (Å²) in [7, 11) is 0. The van der Waals surface area contributed by atoms with Crippen LogP contribution in [0.15, 0.2) is 59.2 Å². The molecule has 0 N–H and O–H groups in total. The number of aryl methyl sites for hydroxylation is 1. The van der Waals surface area contributed by atoms with Crippen molar-refractivity contribution in [3.8, 4) is 0 Å². The second-order valence-electron chi connectivity index (χ2n) is 5.08. The second kappa shape index (κ2) is 6.75. The highest BCUT2D eigenvalue weighted by molar-refractivity contribution is 6.30. The van der Waals surface area contributed by atoms with E-state index in [1.54, 1.807) is 24.3 Å². The largest absolute Gasteiger partial charge is 0.407 e. The van der Waals surface area contributed by atoms with Gasteiger partial charge < -0.3 is 4.74 Å². The second-order valence-corrected chi connectivity index (χ2v) is 5.51. The maximum Gasteiger partial charge on any atom is 0.363 e. The summed E-state index contributed by atoms with van der Waals surface area (Å²) < 4.78 is 18.7. The molecule has 5 heteroatoms. The van der Waals surface area contributed by atoms with Crippen LogP contribution in [0.3, 0.4) is 0 Å². The number of hydrogen-bond donors (Lipinski definition) is 0. The van der Waals surface area contributed by atoms with Crippen molar-refractivity contribution >= 4 is 29.5 Å². The number of rotatable bonds is 4. The van der Waals surface area contributed by atoms with E-state index in [2.05, 4.69) is 4.99 Å². The molecule has 0 saturated carbocycles. The molecule has 0 radical (unpaired) electrons. The predicted octanol–water partition coefficient (Wildman–Crippen LogP) is 4.41. The van der Waals surface area contributed by atoms with E-state index < -0.39 is 11.8 Å². The highest BCUT2D eigenvalue weighted by Gasteiger charge is 2.22. The lowest BCUT2D eigenvalue weighted by molar-refractivity contribution is -0.130. The van der Waals surface area contributed by atoms with Crippen molar-refractivity contribution in [1.82, 2.24) is 0 Å². The molecule has 1 aliphatic rings. The minimum absolute atomic E-state index is 0.108. The third kappa shape index (κ3) is 3.85. The van der Waals surface area contributed by atoms with Crippen molar-refractivity contribution in [1.29, 1.82) is 0 Å². The van der Waals surface area contributed by atoms with Gasteiger partial charge in [0.15, 0.2) is 11.6 Å². The normalized spacial score (nSPS) is 15.7. The van der Waals surface area contributed by atoms with Crippen LogP contribution in [0.1, 0.15) is 17.5 Å². The Morgan fingerprint density at radius 2 is 1.96 bits per heavy atom. The zero-order valence-electron chi connectivity index (χ0n) is 12.1. The number of benzene rings is 2. The molecule has 0 fully saturated rings. The average molecular weight is 330 g/mol. The molecule has 0 bridgehead atoms. The number of carbonyl (C=O) groups is 1. The van der Waals surface area contributed by atoms with E-state index in [0.717, 1.165) is 5.56 Å². The molecule has 0 amide bonds. The van der Waals surface area contributed by atoms with E-state index in [1.165, 1.54) is 12.1 Å². The number of cyclic esters (lactones) is 1. The average Bonchev–Trinajstić information content (AvgIpc) is 2.88. The van der Waals surface area contributed by atoms with E-state index in [4.69, 9.17) is 16.3 Å². The van der Waals surface area contributed by atoms with Crippen molar-refractivity contribution in [2.75, 3.05) is 0 Å². The van der Waals surface area contributed by atoms with Crippen molar-refractivity contribution in [2.45, 2.75) is 12.8 Å². The first-order valence-corrected chi connectivity index (χ1v) is 7.50. The zero-order chi connectivity index (χ0) is 16.2. The molecular weight excluding hydrogens is 317 g/mol. The molecule has 1 aliphatic heterocycles. The number of ether oxygens (including phenoxy) is 1. The number of nitrogens with zero attached hydrogens (tertiary/aromatic N) is 1. The van der Waals surface area contributed by atoms with Gasteiger partial charge >= 0.3 is 5.97 Å². The minimum Gasteiger partial charge on any atom is -0.407 e. The maximum atomic E-state index is 13.6. The molecule has 116 valence electrons.